The highest BCUT2D eigenvalue weighted by molar-refractivity contribution is 5.87. The first-order valence-corrected chi connectivity index (χ1v) is 8.16. The van der Waals surface area contributed by atoms with Gasteiger partial charge in [0.05, 0.1) is 0 Å². The Morgan fingerprint density at radius 2 is 1.70 bits per heavy atom. The summed E-state index contributed by atoms with van der Waals surface area (Å²) in [5.41, 5.74) is 1.06. The van der Waals surface area contributed by atoms with Crippen LogP contribution in [0.3, 0.4) is 0 Å². The molecule has 0 aliphatic carbocycles. The van der Waals surface area contributed by atoms with Gasteiger partial charge in [-0.25, -0.2) is 0 Å². The van der Waals surface area contributed by atoms with Crippen LogP contribution in [0.25, 0.3) is 0 Å². The second-order valence-electron chi connectivity index (χ2n) is 6.20. The maximum Gasteiger partial charge on any atom is 0.245 e. The maximum absolute atomic E-state index is 12.7. The molecule has 1 unspecified atom stereocenters. The zero-order valence-electron chi connectivity index (χ0n) is 13.4. The van der Waals surface area contributed by atoms with E-state index in [2.05, 4.69) is 4.90 Å². The number of amides is 2. The molecule has 0 bridgehead atoms. The Hall–Kier alpha value is -2.24. The number of rotatable bonds is 2. The molecule has 6 heteroatoms. The SMILES string of the molecule is CC(=O)N1CCCC1C(=O)N1CCN(c2ccc(O)cc2)CC1. The van der Waals surface area contributed by atoms with Gasteiger partial charge in [0, 0.05) is 45.3 Å². The minimum absolute atomic E-state index is 0.0106. The van der Waals surface area contributed by atoms with E-state index in [9.17, 15) is 14.7 Å². The average Bonchev–Trinajstić information content (AvgIpc) is 3.05. The number of phenolic OH excluding ortho intramolecular Hbond substituents is 1. The first kappa shape index (κ1) is 15.6. The molecule has 0 radical (unpaired) electrons. The molecule has 2 saturated heterocycles. The van der Waals surface area contributed by atoms with Gasteiger partial charge in [-0.05, 0) is 37.1 Å². The van der Waals surface area contributed by atoms with Crippen molar-refractivity contribution in [2.75, 3.05) is 37.6 Å². The first-order chi connectivity index (χ1) is 11.1. The summed E-state index contributed by atoms with van der Waals surface area (Å²) in [7, 11) is 0. The van der Waals surface area contributed by atoms with Crippen molar-refractivity contribution in [3.8, 4) is 5.75 Å². The number of nitrogens with zero attached hydrogens (tertiary/aromatic N) is 3. The number of carbonyl (C=O) groups excluding carboxylic acids is 2. The van der Waals surface area contributed by atoms with E-state index < -0.39 is 0 Å². The lowest BCUT2D eigenvalue weighted by molar-refractivity contribution is -0.143. The van der Waals surface area contributed by atoms with E-state index in [1.165, 1.54) is 6.92 Å². The van der Waals surface area contributed by atoms with Crippen LogP contribution in [0.2, 0.25) is 0 Å². The Bertz CT molecular complexity index is 579. The average molecular weight is 317 g/mol. The molecule has 0 aromatic heterocycles. The number of carbonyl (C=O) groups is 2. The smallest absolute Gasteiger partial charge is 0.245 e. The van der Waals surface area contributed by atoms with Crippen molar-refractivity contribution >= 4 is 17.5 Å². The number of aromatic hydroxyl groups is 1. The molecule has 3 rings (SSSR count). The summed E-state index contributed by atoms with van der Waals surface area (Å²) in [6.45, 7) is 5.10. The first-order valence-electron chi connectivity index (χ1n) is 8.16. The van der Waals surface area contributed by atoms with Crippen LogP contribution in [-0.4, -0.2) is 65.5 Å². The summed E-state index contributed by atoms with van der Waals surface area (Å²) in [4.78, 5) is 30.1. The molecule has 1 N–H and O–H groups in total. The zero-order valence-corrected chi connectivity index (χ0v) is 13.4. The Morgan fingerprint density at radius 1 is 1.04 bits per heavy atom. The lowest BCUT2D eigenvalue weighted by Crippen LogP contribution is -2.54. The molecule has 0 spiro atoms. The predicted octanol–water partition coefficient (Wildman–Crippen LogP) is 1.05. The number of likely N-dealkylation sites (tertiary alicyclic amines) is 1. The van der Waals surface area contributed by atoms with E-state index in [0.29, 0.717) is 19.6 Å². The van der Waals surface area contributed by atoms with Crippen LogP contribution in [0.4, 0.5) is 5.69 Å². The normalized spacial score (nSPS) is 21.6. The van der Waals surface area contributed by atoms with Gasteiger partial charge < -0.3 is 19.8 Å². The van der Waals surface area contributed by atoms with E-state index in [1.54, 1.807) is 17.0 Å². The summed E-state index contributed by atoms with van der Waals surface area (Å²) in [6.07, 6.45) is 1.68. The van der Waals surface area contributed by atoms with Crippen LogP contribution >= 0.6 is 0 Å². The van der Waals surface area contributed by atoms with Crippen LogP contribution in [0.15, 0.2) is 24.3 Å². The van der Waals surface area contributed by atoms with Crippen LogP contribution in [0, 0.1) is 0 Å². The van der Waals surface area contributed by atoms with Crippen molar-refractivity contribution in [1.82, 2.24) is 9.80 Å². The topological polar surface area (TPSA) is 64.1 Å². The summed E-state index contributed by atoms with van der Waals surface area (Å²) in [5.74, 6) is 0.333. The minimum Gasteiger partial charge on any atom is -0.508 e. The Labute approximate surface area is 136 Å². The zero-order chi connectivity index (χ0) is 16.4. The van der Waals surface area contributed by atoms with E-state index in [4.69, 9.17) is 0 Å². The summed E-state index contributed by atoms with van der Waals surface area (Å²) in [6, 6.07) is 6.86. The second kappa shape index (κ2) is 6.48. The number of anilines is 1. The highest BCUT2D eigenvalue weighted by Gasteiger charge is 2.36. The van der Waals surface area contributed by atoms with E-state index in [0.717, 1.165) is 31.6 Å². The monoisotopic (exact) mass is 317 g/mol. The molecule has 0 saturated carbocycles. The van der Waals surface area contributed by atoms with Crippen molar-refractivity contribution in [3.63, 3.8) is 0 Å². The fraction of sp³-hybridized carbons (Fsp3) is 0.529. The number of hydrogen-bond donors (Lipinski definition) is 1. The van der Waals surface area contributed by atoms with Crippen LogP contribution in [-0.2, 0) is 9.59 Å². The Kier molecular flexibility index (Phi) is 4.41. The lowest BCUT2D eigenvalue weighted by Gasteiger charge is -2.38. The lowest BCUT2D eigenvalue weighted by atomic mass is 10.1. The molecule has 23 heavy (non-hydrogen) atoms. The van der Waals surface area contributed by atoms with Crippen LogP contribution in [0.1, 0.15) is 19.8 Å². The van der Waals surface area contributed by atoms with Gasteiger partial charge in [-0.1, -0.05) is 0 Å². The Balaban J connectivity index is 1.59. The molecule has 1 atom stereocenters. The standard InChI is InChI=1S/C17H23N3O3/c1-13(21)20-8-2-3-16(20)17(23)19-11-9-18(10-12-19)14-4-6-15(22)7-5-14/h4-7,16,22H,2-3,8-12H2,1H3. The van der Waals surface area contributed by atoms with Gasteiger partial charge in [0.25, 0.3) is 0 Å². The van der Waals surface area contributed by atoms with E-state index >= 15 is 0 Å². The third-order valence-corrected chi connectivity index (χ3v) is 4.75. The molecule has 6 nitrogen and oxygen atoms in total. The highest BCUT2D eigenvalue weighted by Crippen LogP contribution is 2.23. The minimum atomic E-state index is -0.271. The molecule has 2 fully saturated rings. The van der Waals surface area contributed by atoms with E-state index in [-0.39, 0.29) is 23.6 Å². The summed E-state index contributed by atoms with van der Waals surface area (Å²) < 4.78 is 0. The number of benzene rings is 1. The number of phenols is 1. The van der Waals surface area contributed by atoms with Gasteiger partial charge in [-0.2, -0.15) is 0 Å². The molecule has 1 aromatic rings. The van der Waals surface area contributed by atoms with Crippen molar-refractivity contribution in [2.45, 2.75) is 25.8 Å². The largest absolute Gasteiger partial charge is 0.508 e. The molecule has 1 aromatic carbocycles. The maximum atomic E-state index is 12.7. The van der Waals surface area contributed by atoms with Crippen molar-refractivity contribution in [2.24, 2.45) is 0 Å². The van der Waals surface area contributed by atoms with Gasteiger partial charge >= 0.3 is 0 Å². The van der Waals surface area contributed by atoms with Gasteiger partial charge in [-0.3, -0.25) is 9.59 Å². The highest BCUT2D eigenvalue weighted by atomic mass is 16.3. The van der Waals surface area contributed by atoms with Crippen LogP contribution < -0.4 is 4.90 Å². The second-order valence-corrected chi connectivity index (χ2v) is 6.20. The molecule has 2 aliphatic heterocycles. The summed E-state index contributed by atoms with van der Waals surface area (Å²) >= 11 is 0. The quantitative estimate of drug-likeness (QED) is 0.886. The third-order valence-electron chi connectivity index (χ3n) is 4.75. The van der Waals surface area contributed by atoms with Gasteiger partial charge in [0.15, 0.2) is 0 Å². The third kappa shape index (κ3) is 3.25. The number of piperazine rings is 1. The van der Waals surface area contributed by atoms with Gasteiger partial charge in [-0.15, -0.1) is 0 Å². The fourth-order valence-corrected chi connectivity index (χ4v) is 3.46. The predicted molar refractivity (Wildman–Crippen MR) is 87.3 cm³/mol. The molecule has 2 amide bonds. The Morgan fingerprint density at radius 3 is 2.30 bits per heavy atom. The van der Waals surface area contributed by atoms with Crippen molar-refractivity contribution in [3.05, 3.63) is 24.3 Å². The van der Waals surface area contributed by atoms with Gasteiger partial charge in [0.1, 0.15) is 11.8 Å². The molecule has 2 aliphatic rings. The molecular formula is C17H23N3O3. The van der Waals surface area contributed by atoms with Crippen molar-refractivity contribution < 1.29 is 14.7 Å². The number of hydrogen-bond acceptors (Lipinski definition) is 4. The van der Waals surface area contributed by atoms with E-state index in [1.807, 2.05) is 17.0 Å². The molecule has 124 valence electrons. The van der Waals surface area contributed by atoms with Crippen LogP contribution in [0.5, 0.6) is 5.75 Å². The fourth-order valence-electron chi connectivity index (χ4n) is 3.46. The molecule has 2 heterocycles. The molecular weight excluding hydrogens is 294 g/mol. The summed E-state index contributed by atoms with van der Waals surface area (Å²) in [5, 5.41) is 9.36. The van der Waals surface area contributed by atoms with Gasteiger partial charge in [0.2, 0.25) is 11.8 Å². The van der Waals surface area contributed by atoms with Crippen molar-refractivity contribution in [1.29, 1.82) is 0 Å².